The maximum absolute atomic E-state index is 12.6. The fraction of sp³-hybridized carbons (Fsp3) is 0.619. The zero-order valence-corrected chi connectivity index (χ0v) is 17.3. The van der Waals surface area contributed by atoms with Gasteiger partial charge in [0.05, 0.1) is 5.56 Å². The molecular weight excluding hydrogens is 364 g/mol. The van der Waals surface area contributed by atoms with Gasteiger partial charge in [0.1, 0.15) is 11.4 Å². The number of carbonyl (C=O) groups is 2. The van der Waals surface area contributed by atoms with Crippen molar-refractivity contribution in [2.75, 3.05) is 0 Å². The Hall–Kier alpha value is -1.69. The van der Waals surface area contributed by atoms with E-state index in [1.165, 1.54) is 12.1 Å². The van der Waals surface area contributed by atoms with E-state index >= 15 is 0 Å². The lowest BCUT2D eigenvalue weighted by Gasteiger charge is -2.37. The molecule has 0 amide bonds. The summed E-state index contributed by atoms with van der Waals surface area (Å²) in [6.07, 6.45) is 2.98. The van der Waals surface area contributed by atoms with Crippen LogP contribution in [0.5, 0.6) is 0 Å². The van der Waals surface area contributed by atoms with Crippen molar-refractivity contribution in [3.8, 4) is 0 Å². The van der Waals surface area contributed by atoms with E-state index in [4.69, 9.17) is 9.84 Å². The number of carboxylic acids is 1. The van der Waals surface area contributed by atoms with E-state index < -0.39 is 28.0 Å². The number of carbonyl (C=O) groups excluding carboxylic acids is 1. The Morgan fingerprint density at radius 1 is 1.19 bits per heavy atom. The van der Waals surface area contributed by atoms with Crippen molar-refractivity contribution in [2.24, 2.45) is 17.8 Å². The molecule has 0 spiro atoms. The van der Waals surface area contributed by atoms with Crippen LogP contribution in [0.25, 0.3) is 0 Å². The van der Waals surface area contributed by atoms with Crippen molar-refractivity contribution in [1.82, 2.24) is 0 Å². The summed E-state index contributed by atoms with van der Waals surface area (Å²) in [5, 5.41) is 8.22. The average molecular weight is 395 g/mol. The van der Waals surface area contributed by atoms with Crippen LogP contribution in [-0.2, 0) is 26.1 Å². The van der Waals surface area contributed by atoms with Crippen LogP contribution < -0.4 is 0 Å². The van der Waals surface area contributed by atoms with Crippen LogP contribution in [0, 0.1) is 17.8 Å². The van der Waals surface area contributed by atoms with E-state index in [0.29, 0.717) is 17.8 Å². The molecule has 1 aromatic rings. The molecule has 1 fully saturated rings. The first-order valence-electron chi connectivity index (χ1n) is 9.59. The summed E-state index contributed by atoms with van der Waals surface area (Å²) in [4.78, 5) is 23.5. The second-order valence-corrected chi connectivity index (χ2v) is 9.73. The van der Waals surface area contributed by atoms with Crippen LogP contribution >= 0.6 is 0 Å². The highest BCUT2D eigenvalue weighted by molar-refractivity contribution is 7.85. The third kappa shape index (κ3) is 5.89. The first kappa shape index (κ1) is 21.6. The molecular formula is C21H30O5S. The standard InChI is InChI=1S/C21H30O5S/c1-13(2)18-10-5-14(3)11-19(18)26-21(24)15(4)27(25)12-16-6-8-17(9-7-16)20(22)23/h6-9,13-15,18-19H,5,10-12H2,1-4H3,(H,22,23). The van der Waals surface area contributed by atoms with Crippen molar-refractivity contribution >= 4 is 22.7 Å². The predicted octanol–water partition coefficient (Wildman–Crippen LogP) is 4.03. The summed E-state index contributed by atoms with van der Waals surface area (Å²) >= 11 is 0. The van der Waals surface area contributed by atoms with Gasteiger partial charge < -0.3 is 9.84 Å². The Kier molecular flexibility index (Phi) is 7.59. The topological polar surface area (TPSA) is 80.7 Å². The summed E-state index contributed by atoms with van der Waals surface area (Å²) in [5.74, 6) is 0.135. The minimum atomic E-state index is -1.42. The highest BCUT2D eigenvalue weighted by atomic mass is 32.2. The predicted molar refractivity (Wildman–Crippen MR) is 106 cm³/mol. The molecule has 27 heavy (non-hydrogen) atoms. The fourth-order valence-corrected chi connectivity index (χ4v) is 4.68. The van der Waals surface area contributed by atoms with E-state index in [0.717, 1.165) is 24.8 Å². The first-order chi connectivity index (χ1) is 12.7. The smallest absolute Gasteiger partial charge is 0.335 e. The van der Waals surface area contributed by atoms with Gasteiger partial charge in [-0.1, -0.05) is 39.3 Å². The van der Waals surface area contributed by atoms with Crippen LogP contribution in [0.15, 0.2) is 24.3 Å². The highest BCUT2D eigenvalue weighted by Crippen LogP contribution is 2.35. The molecule has 150 valence electrons. The number of hydrogen-bond acceptors (Lipinski definition) is 4. The summed E-state index contributed by atoms with van der Waals surface area (Å²) in [6.45, 7) is 8.13. The van der Waals surface area contributed by atoms with Crippen molar-refractivity contribution in [3.05, 3.63) is 35.4 Å². The summed E-state index contributed by atoms with van der Waals surface area (Å²) < 4.78 is 18.4. The summed E-state index contributed by atoms with van der Waals surface area (Å²) in [7, 11) is -1.42. The minimum Gasteiger partial charge on any atom is -0.478 e. The first-order valence-corrected chi connectivity index (χ1v) is 11.0. The van der Waals surface area contributed by atoms with Gasteiger partial charge in [0.15, 0.2) is 0 Å². The van der Waals surface area contributed by atoms with Crippen molar-refractivity contribution in [1.29, 1.82) is 0 Å². The van der Waals surface area contributed by atoms with Gasteiger partial charge >= 0.3 is 11.9 Å². The van der Waals surface area contributed by atoms with E-state index in [1.54, 1.807) is 19.1 Å². The van der Waals surface area contributed by atoms with Crippen molar-refractivity contribution in [2.45, 2.75) is 64.1 Å². The van der Waals surface area contributed by atoms with Crippen LogP contribution in [0.1, 0.15) is 62.9 Å². The van der Waals surface area contributed by atoms with Crippen LogP contribution in [-0.4, -0.2) is 32.6 Å². The number of benzene rings is 1. The van der Waals surface area contributed by atoms with Crippen molar-refractivity contribution in [3.63, 3.8) is 0 Å². The molecule has 0 saturated heterocycles. The number of hydrogen-bond donors (Lipinski definition) is 1. The second kappa shape index (κ2) is 9.49. The molecule has 6 heteroatoms. The normalized spacial score (nSPS) is 25.0. The quantitative estimate of drug-likeness (QED) is 0.706. The lowest BCUT2D eigenvalue weighted by atomic mass is 9.75. The lowest BCUT2D eigenvalue weighted by Crippen LogP contribution is -2.38. The minimum absolute atomic E-state index is 0.101. The highest BCUT2D eigenvalue weighted by Gasteiger charge is 2.35. The zero-order valence-electron chi connectivity index (χ0n) is 16.5. The molecule has 0 aliphatic heterocycles. The molecule has 1 saturated carbocycles. The molecule has 5 nitrogen and oxygen atoms in total. The number of esters is 1. The van der Waals surface area contributed by atoms with Gasteiger partial charge in [0.25, 0.3) is 0 Å². The van der Waals surface area contributed by atoms with E-state index in [-0.39, 0.29) is 17.4 Å². The molecule has 1 aliphatic carbocycles. The molecule has 5 unspecified atom stereocenters. The fourth-order valence-electron chi connectivity index (χ4n) is 3.64. The maximum atomic E-state index is 12.6. The third-order valence-electron chi connectivity index (χ3n) is 5.46. The number of aromatic carboxylic acids is 1. The Balaban J connectivity index is 1.96. The Labute approximate surface area is 164 Å². The van der Waals surface area contributed by atoms with E-state index in [2.05, 4.69) is 20.8 Å². The van der Waals surface area contributed by atoms with Gasteiger partial charge in [-0.15, -0.1) is 0 Å². The Morgan fingerprint density at radius 3 is 2.37 bits per heavy atom. The molecule has 1 aliphatic rings. The van der Waals surface area contributed by atoms with Gasteiger partial charge in [-0.3, -0.25) is 9.00 Å². The van der Waals surface area contributed by atoms with Crippen LogP contribution in [0.3, 0.4) is 0 Å². The van der Waals surface area contributed by atoms with Gasteiger partial charge in [0, 0.05) is 16.6 Å². The second-order valence-electron chi connectivity index (χ2n) is 7.97. The zero-order chi connectivity index (χ0) is 20.1. The molecule has 2 rings (SSSR count). The van der Waals surface area contributed by atoms with Crippen molar-refractivity contribution < 1.29 is 23.6 Å². The molecule has 1 N–H and O–H groups in total. The molecule has 5 atom stereocenters. The molecule has 0 aromatic heterocycles. The Morgan fingerprint density at radius 2 is 1.81 bits per heavy atom. The SMILES string of the molecule is CC1CCC(C(C)C)C(OC(=O)C(C)S(=O)Cc2ccc(C(=O)O)cc2)C1. The van der Waals surface area contributed by atoms with Gasteiger partial charge in [-0.2, -0.15) is 0 Å². The number of ether oxygens (including phenoxy) is 1. The molecule has 1 aromatic carbocycles. The summed E-state index contributed by atoms with van der Waals surface area (Å²) in [6, 6.07) is 6.23. The van der Waals surface area contributed by atoms with Gasteiger partial charge in [-0.05, 0) is 55.2 Å². The van der Waals surface area contributed by atoms with E-state index in [1.807, 2.05) is 0 Å². The molecule has 0 bridgehead atoms. The molecule has 0 radical (unpaired) electrons. The van der Waals surface area contributed by atoms with Gasteiger partial charge in [0.2, 0.25) is 0 Å². The third-order valence-corrected chi connectivity index (χ3v) is 7.06. The largest absolute Gasteiger partial charge is 0.478 e. The lowest BCUT2D eigenvalue weighted by molar-refractivity contribution is -0.154. The van der Waals surface area contributed by atoms with Gasteiger partial charge in [-0.25, -0.2) is 4.79 Å². The maximum Gasteiger partial charge on any atom is 0.335 e. The summed E-state index contributed by atoms with van der Waals surface area (Å²) in [5.41, 5.74) is 0.924. The Bertz CT molecular complexity index is 682. The molecule has 0 heterocycles. The number of carboxylic acid groups (broad SMARTS) is 1. The van der Waals surface area contributed by atoms with Crippen LogP contribution in [0.4, 0.5) is 0 Å². The average Bonchev–Trinajstić information content (AvgIpc) is 2.61. The number of rotatable bonds is 7. The van der Waals surface area contributed by atoms with Crippen LogP contribution in [0.2, 0.25) is 0 Å². The monoisotopic (exact) mass is 394 g/mol. The van der Waals surface area contributed by atoms with E-state index in [9.17, 15) is 13.8 Å².